The first-order valence-corrected chi connectivity index (χ1v) is 10.9. The first-order valence-electron chi connectivity index (χ1n) is 8.55. The summed E-state index contributed by atoms with van der Waals surface area (Å²) in [7, 11) is 4.03. The second-order valence-electron chi connectivity index (χ2n) is 6.18. The maximum Gasteiger partial charge on any atom is 0.222 e. The Balaban J connectivity index is 1.40. The molecule has 0 spiro atoms. The van der Waals surface area contributed by atoms with Gasteiger partial charge in [0.05, 0.1) is 13.2 Å². The summed E-state index contributed by atoms with van der Waals surface area (Å²) in [5, 5.41) is 0.820. The smallest absolute Gasteiger partial charge is 0.222 e. The zero-order valence-corrected chi connectivity index (χ0v) is 15.1. The maximum absolute atomic E-state index is 12.4. The van der Waals surface area contributed by atoms with Crippen LogP contribution in [0.4, 0.5) is 0 Å². The van der Waals surface area contributed by atoms with Gasteiger partial charge in [0.25, 0.3) is 0 Å². The predicted molar refractivity (Wildman–Crippen MR) is 98.6 cm³/mol. The number of morpholine rings is 1. The monoisotopic (exact) mass is 351 g/mol. The number of hydrogen-bond donors (Lipinski definition) is 0. The molecule has 2 fully saturated rings. The fourth-order valence-corrected chi connectivity index (χ4v) is 6.14. The number of carbonyl (C=O) groups excluding carboxylic acids is 1. The zero-order valence-electron chi connectivity index (χ0n) is 13.5. The Hall–Kier alpha value is -0.650. The van der Waals surface area contributed by atoms with Gasteiger partial charge >= 0.3 is 0 Å². The van der Waals surface area contributed by atoms with Crippen molar-refractivity contribution in [1.29, 1.82) is 0 Å². The Morgan fingerprint density at radius 3 is 2.91 bits per heavy atom. The Bertz CT molecular complexity index is 491. The summed E-state index contributed by atoms with van der Waals surface area (Å²) < 4.78 is 5.84. The van der Waals surface area contributed by atoms with Crippen LogP contribution in [0.3, 0.4) is 0 Å². The van der Waals surface area contributed by atoms with Crippen LogP contribution in [0.1, 0.15) is 43.8 Å². The lowest BCUT2D eigenvalue weighted by molar-refractivity contribution is -0.139. The first kappa shape index (κ1) is 17.2. The van der Waals surface area contributed by atoms with Crippen LogP contribution >= 0.6 is 21.6 Å². The number of carbonyl (C=O) groups is 1. The van der Waals surface area contributed by atoms with Crippen LogP contribution in [0.15, 0.2) is 30.3 Å². The van der Waals surface area contributed by atoms with E-state index in [2.05, 4.69) is 12.1 Å². The summed E-state index contributed by atoms with van der Waals surface area (Å²) in [5.74, 6) is 1.59. The van der Waals surface area contributed by atoms with Crippen LogP contribution in [-0.4, -0.2) is 41.5 Å². The Labute approximate surface area is 146 Å². The van der Waals surface area contributed by atoms with Crippen LogP contribution in [-0.2, 0) is 9.53 Å². The van der Waals surface area contributed by atoms with Gasteiger partial charge in [-0.1, -0.05) is 58.3 Å². The van der Waals surface area contributed by atoms with E-state index >= 15 is 0 Å². The summed E-state index contributed by atoms with van der Waals surface area (Å²) in [4.78, 5) is 14.4. The zero-order chi connectivity index (χ0) is 15.9. The van der Waals surface area contributed by atoms with Crippen molar-refractivity contribution in [2.75, 3.05) is 25.4 Å². The molecule has 1 aromatic rings. The third-order valence-electron chi connectivity index (χ3n) is 4.48. The third-order valence-corrected chi connectivity index (χ3v) is 7.49. The third kappa shape index (κ3) is 5.16. The average molecular weight is 352 g/mol. The van der Waals surface area contributed by atoms with E-state index in [1.165, 1.54) is 30.6 Å². The van der Waals surface area contributed by atoms with E-state index in [4.69, 9.17) is 4.74 Å². The minimum absolute atomic E-state index is 0.0285. The summed E-state index contributed by atoms with van der Waals surface area (Å²) in [6.45, 7) is 2.07. The number of ether oxygens (including phenoxy) is 1. The second kappa shape index (κ2) is 9.00. The molecule has 2 saturated heterocycles. The molecule has 23 heavy (non-hydrogen) atoms. The second-order valence-corrected chi connectivity index (χ2v) is 8.97. The van der Waals surface area contributed by atoms with E-state index < -0.39 is 0 Å². The van der Waals surface area contributed by atoms with Gasteiger partial charge in [0.1, 0.15) is 6.10 Å². The van der Waals surface area contributed by atoms with Gasteiger partial charge in [-0.2, -0.15) is 0 Å². The number of hydrogen-bond acceptors (Lipinski definition) is 4. The topological polar surface area (TPSA) is 29.5 Å². The highest BCUT2D eigenvalue weighted by molar-refractivity contribution is 8.77. The Kier molecular flexibility index (Phi) is 6.72. The van der Waals surface area contributed by atoms with Crippen molar-refractivity contribution in [3.63, 3.8) is 0 Å². The summed E-state index contributed by atoms with van der Waals surface area (Å²) in [6.07, 6.45) is 5.52. The molecule has 2 atom stereocenters. The van der Waals surface area contributed by atoms with Crippen LogP contribution in [0.5, 0.6) is 0 Å². The van der Waals surface area contributed by atoms with Crippen molar-refractivity contribution in [3.8, 4) is 0 Å². The quantitative estimate of drug-likeness (QED) is 0.564. The number of nitrogens with zero attached hydrogens (tertiary/aromatic N) is 1. The van der Waals surface area contributed by atoms with E-state index in [9.17, 15) is 4.79 Å². The van der Waals surface area contributed by atoms with Crippen molar-refractivity contribution < 1.29 is 9.53 Å². The Morgan fingerprint density at radius 1 is 1.26 bits per heavy atom. The molecule has 0 aromatic heterocycles. The fourth-order valence-electron chi connectivity index (χ4n) is 3.12. The summed E-state index contributed by atoms with van der Waals surface area (Å²) in [5.41, 5.74) is 1.17. The molecule has 2 aliphatic heterocycles. The van der Waals surface area contributed by atoms with Crippen LogP contribution < -0.4 is 0 Å². The summed E-state index contributed by atoms with van der Waals surface area (Å²) in [6, 6.07) is 10.2. The molecular weight excluding hydrogens is 326 g/mol. The molecule has 0 bridgehead atoms. The lowest BCUT2D eigenvalue weighted by Crippen LogP contribution is -2.42. The van der Waals surface area contributed by atoms with Gasteiger partial charge in [-0.15, -0.1) is 0 Å². The minimum atomic E-state index is 0.0285. The lowest BCUT2D eigenvalue weighted by atomic mass is 10.1. The molecule has 2 heterocycles. The number of rotatable bonds is 6. The van der Waals surface area contributed by atoms with Crippen LogP contribution in [0, 0.1) is 0 Å². The number of unbranched alkanes of at least 4 members (excludes halogenated alkanes) is 1. The molecule has 2 aliphatic rings. The van der Waals surface area contributed by atoms with E-state index in [-0.39, 0.29) is 6.10 Å². The van der Waals surface area contributed by atoms with Crippen molar-refractivity contribution in [1.82, 2.24) is 4.90 Å². The molecule has 1 aromatic carbocycles. The van der Waals surface area contributed by atoms with Crippen molar-refractivity contribution in [2.45, 2.75) is 43.5 Å². The SMILES string of the molecule is O=C(CCCCC1CCSS1)N1CCOC(c2ccccc2)C1. The molecule has 5 heteroatoms. The van der Waals surface area contributed by atoms with Gasteiger partial charge in [0.2, 0.25) is 5.91 Å². The molecule has 3 rings (SSSR count). The summed E-state index contributed by atoms with van der Waals surface area (Å²) >= 11 is 0. The van der Waals surface area contributed by atoms with E-state index in [0.717, 1.165) is 18.2 Å². The highest BCUT2D eigenvalue weighted by Gasteiger charge is 2.25. The molecule has 1 amide bonds. The van der Waals surface area contributed by atoms with Crippen LogP contribution in [0.2, 0.25) is 0 Å². The molecule has 2 unspecified atom stereocenters. The van der Waals surface area contributed by atoms with Crippen molar-refractivity contribution >= 4 is 27.5 Å². The van der Waals surface area contributed by atoms with E-state index in [1.807, 2.05) is 44.7 Å². The fraction of sp³-hybridized carbons (Fsp3) is 0.611. The van der Waals surface area contributed by atoms with E-state index in [0.29, 0.717) is 25.5 Å². The largest absolute Gasteiger partial charge is 0.370 e. The lowest BCUT2D eigenvalue weighted by Gasteiger charge is -2.33. The molecule has 0 radical (unpaired) electrons. The molecule has 0 saturated carbocycles. The molecule has 0 N–H and O–H groups in total. The van der Waals surface area contributed by atoms with Crippen LogP contribution in [0.25, 0.3) is 0 Å². The van der Waals surface area contributed by atoms with Crippen molar-refractivity contribution in [2.24, 2.45) is 0 Å². The van der Waals surface area contributed by atoms with Gasteiger partial charge in [-0.3, -0.25) is 4.79 Å². The average Bonchev–Trinajstić information content (AvgIpc) is 3.13. The standard InChI is InChI=1S/C18H25NO2S2/c20-18(9-5-4-8-16-10-13-22-23-16)19-11-12-21-17(14-19)15-6-2-1-3-7-15/h1-3,6-7,16-17H,4-5,8-14H2. The van der Waals surface area contributed by atoms with Gasteiger partial charge in [0.15, 0.2) is 0 Å². The molecule has 3 nitrogen and oxygen atoms in total. The molecular formula is C18H25NO2S2. The molecule has 0 aliphatic carbocycles. The normalized spacial score (nSPS) is 24.8. The highest BCUT2D eigenvalue weighted by atomic mass is 33.1. The highest BCUT2D eigenvalue weighted by Crippen LogP contribution is 2.39. The number of benzene rings is 1. The van der Waals surface area contributed by atoms with E-state index in [1.54, 1.807) is 0 Å². The van der Waals surface area contributed by atoms with Crippen molar-refractivity contribution in [3.05, 3.63) is 35.9 Å². The predicted octanol–water partition coefficient (Wildman–Crippen LogP) is 4.30. The maximum atomic E-state index is 12.4. The Morgan fingerprint density at radius 2 is 2.13 bits per heavy atom. The number of amides is 1. The molecule has 126 valence electrons. The first-order chi connectivity index (χ1) is 11.3. The van der Waals surface area contributed by atoms with Gasteiger partial charge < -0.3 is 9.64 Å². The minimum Gasteiger partial charge on any atom is -0.370 e. The van der Waals surface area contributed by atoms with Gasteiger partial charge in [-0.25, -0.2) is 0 Å². The van der Waals surface area contributed by atoms with Gasteiger partial charge in [0, 0.05) is 24.0 Å². The van der Waals surface area contributed by atoms with Gasteiger partial charge in [-0.05, 0) is 24.8 Å².